The average molecular weight is 550 g/mol. The third-order valence-corrected chi connectivity index (χ3v) is 5.39. The largest absolute Gasteiger partial charge is 0.458 e. The van der Waals surface area contributed by atoms with Crippen LogP contribution >= 0.6 is 0 Å². The summed E-state index contributed by atoms with van der Waals surface area (Å²) in [5.74, 6) is -2.03. The van der Waals surface area contributed by atoms with Gasteiger partial charge in [0.15, 0.2) is 0 Å². The van der Waals surface area contributed by atoms with Crippen LogP contribution in [-0.4, -0.2) is 52.1 Å². The van der Waals surface area contributed by atoms with E-state index in [4.69, 9.17) is 15.9 Å². The lowest BCUT2D eigenvalue weighted by atomic mass is 10.0. The van der Waals surface area contributed by atoms with E-state index in [1.54, 1.807) is 71.9 Å². The van der Waals surface area contributed by atoms with Crippen molar-refractivity contribution in [3.8, 4) is 12.5 Å². The first-order chi connectivity index (χ1) is 18.6. The second kappa shape index (κ2) is 13.7. The van der Waals surface area contributed by atoms with Gasteiger partial charge in [0.05, 0.1) is 0 Å². The number of ether oxygens (including phenoxy) is 2. The smallest absolute Gasteiger partial charge is 0.408 e. The molecule has 3 atom stereocenters. The van der Waals surface area contributed by atoms with Crippen LogP contribution in [0, 0.1) is 12.5 Å². The molecule has 2 aromatic rings. The number of carbonyl (C=O) groups is 4. The molecule has 0 aliphatic carbocycles. The van der Waals surface area contributed by atoms with Gasteiger partial charge in [0.25, 0.3) is 5.91 Å². The van der Waals surface area contributed by atoms with Crippen LogP contribution in [0.2, 0.25) is 0 Å². The summed E-state index contributed by atoms with van der Waals surface area (Å²) in [4.78, 5) is 53.6. The third-order valence-electron chi connectivity index (χ3n) is 5.39. The van der Waals surface area contributed by atoms with Crippen molar-refractivity contribution in [3.05, 3.63) is 71.8 Å². The van der Waals surface area contributed by atoms with Crippen LogP contribution in [0.3, 0.4) is 0 Å². The second-order valence-corrected chi connectivity index (χ2v) is 11.3. The Hall–Kier alpha value is -4.32. The summed E-state index contributed by atoms with van der Waals surface area (Å²) in [7, 11) is 0. The Labute approximate surface area is 236 Å². The van der Waals surface area contributed by atoms with Crippen LogP contribution in [0.5, 0.6) is 0 Å². The summed E-state index contributed by atoms with van der Waals surface area (Å²) in [6, 6.07) is 16.4. The standard InChI is InChI=1S/C31H39N3O6/c1-9-34(27(36)21(2)32-29(38)40-31(6,7)8)25(23-18-14-11-15-19-23)26(35)33-24(28(37)39-30(3,4)5)20-22-16-12-10-13-17-22/h1,10-19,21,24-25H,20H2,2-8H3,(H,32,38)(H,33,35). The molecule has 9 nitrogen and oxygen atoms in total. The Kier molecular flexibility index (Phi) is 10.9. The number of hydrogen-bond acceptors (Lipinski definition) is 6. The molecule has 0 fully saturated rings. The third kappa shape index (κ3) is 10.1. The van der Waals surface area contributed by atoms with E-state index in [0.717, 1.165) is 10.5 Å². The number of benzene rings is 2. The Morgan fingerprint density at radius 3 is 1.88 bits per heavy atom. The van der Waals surface area contributed by atoms with Gasteiger partial charge in [0.2, 0.25) is 5.91 Å². The number of nitrogens with zero attached hydrogens (tertiary/aromatic N) is 1. The van der Waals surface area contributed by atoms with Gasteiger partial charge in [0.1, 0.15) is 29.3 Å². The van der Waals surface area contributed by atoms with E-state index in [1.807, 2.05) is 30.3 Å². The molecule has 2 N–H and O–H groups in total. The van der Waals surface area contributed by atoms with Crippen LogP contribution in [0.15, 0.2) is 60.7 Å². The fraction of sp³-hybridized carbons (Fsp3) is 0.419. The molecule has 0 aliphatic rings. The molecule has 0 aromatic heterocycles. The minimum absolute atomic E-state index is 0.156. The van der Waals surface area contributed by atoms with Crippen molar-refractivity contribution in [1.29, 1.82) is 0 Å². The van der Waals surface area contributed by atoms with Crippen LogP contribution in [0.4, 0.5) is 4.79 Å². The van der Waals surface area contributed by atoms with Gasteiger partial charge >= 0.3 is 12.1 Å². The van der Waals surface area contributed by atoms with Crippen molar-refractivity contribution >= 4 is 23.9 Å². The monoisotopic (exact) mass is 549 g/mol. The quantitative estimate of drug-likeness (QED) is 0.276. The number of esters is 1. The zero-order valence-corrected chi connectivity index (χ0v) is 24.2. The van der Waals surface area contributed by atoms with Crippen molar-refractivity contribution in [2.24, 2.45) is 0 Å². The van der Waals surface area contributed by atoms with Gasteiger partial charge < -0.3 is 20.1 Å². The number of rotatable bonds is 9. The highest BCUT2D eigenvalue weighted by atomic mass is 16.6. The molecular weight excluding hydrogens is 510 g/mol. The number of terminal acetylenes is 1. The van der Waals surface area contributed by atoms with E-state index < -0.39 is 53.2 Å². The molecule has 0 spiro atoms. The Balaban J connectivity index is 2.40. The van der Waals surface area contributed by atoms with E-state index in [2.05, 4.69) is 16.7 Å². The number of hydrogen-bond donors (Lipinski definition) is 2. The number of amides is 3. The highest BCUT2D eigenvalue weighted by Gasteiger charge is 2.36. The van der Waals surface area contributed by atoms with Gasteiger partial charge in [-0.25, -0.2) is 9.59 Å². The van der Waals surface area contributed by atoms with Crippen LogP contribution in [-0.2, 0) is 30.3 Å². The maximum atomic E-state index is 13.8. The maximum absolute atomic E-state index is 13.8. The molecule has 0 saturated heterocycles. The Morgan fingerprint density at radius 1 is 0.850 bits per heavy atom. The summed E-state index contributed by atoms with van der Waals surface area (Å²) in [6.07, 6.45) is 5.11. The average Bonchev–Trinajstić information content (AvgIpc) is 2.85. The first-order valence-corrected chi connectivity index (χ1v) is 13.0. The van der Waals surface area contributed by atoms with Crippen molar-refractivity contribution in [2.75, 3.05) is 0 Å². The van der Waals surface area contributed by atoms with Crippen LogP contribution in [0.1, 0.15) is 65.6 Å². The number of nitrogens with one attached hydrogen (secondary N) is 2. The van der Waals surface area contributed by atoms with Gasteiger partial charge in [-0.15, -0.1) is 0 Å². The molecule has 0 heterocycles. The molecule has 40 heavy (non-hydrogen) atoms. The number of carbonyl (C=O) groups excluding carboxylic acids is 4. The topological polar surface area (TPSA) is 114 Å². The molecule has 2 rings (SSSR count). The van der Waals surface area contributed by atoms with Gasteiger partial charge in [-0.3, -0.25) is 14.5 Å². The summed E-state index contributed by atoms with van der Waals surface area (Å²) in [5.41, 5.74) is -0.354. The summed E-state index contributed by atoms with van der Waals surface area (Å²) in [5, 5.41) is 5.21. The van der Waals surface area contributed by atoms with E-state index >= 15 is 0 Å². The van der Waals surface area contributed by atoms with Gasteiger partial charge in [-0.05, 0) is 59.6 Å². The lowest BCUT2D eigenvalue weighted by molar-refractivity contribution is -0.159. The Morgan fingerprint density at radius 2 is 1.38 bits per heavy atom. The van der Waals surface area contributed by atoms with E-state index in [9.17, 15) is 19.2 Å². The van der Waals surface area contributed by atoms with Crippen molar-refractivity contribution in [1.82, 2.24) is 15.5 Å². The van der Waals surface area contributed by atoms with E-state index in [0.29, 0.717) is 5.56 Å². The molecular formula is C31H39N3O6. The van der Waals surface area contributed by atoms with Gasteiger partial charge in [-0.1, -0.05) is 67.1 Å². The fourth-order valence-corrected chi connectivity index (χ4v) is 3.74. The molecule has 0 aliphatic heterocycles. The van der Waals surface area contributed by atoms with E-state index in [-0.39, 0.29) is 6.42 Å². The number of alkyl carbamates (subject to hydrolysis) is 1. The zero-order valence-electron chi connectivity index (χ0n) is 24.2. The van der Waals surface area contributed by atoms with E-state index in [1.165, 1.54) is 6.92 Å². The predicted molar refractivity (Wildman–Crippen MR) is 152 cm³/mol. The predicted octanol–water partition coefficient (Wildman–Crippen LogP) is 4.13. The van der Waals surface area contributed by atoms with Crippen molar-refractivity contribution in [3.63, 3.8) is 0 Å². The first-order valence-electron chi connectivity index (χ1n) is 13.0. The first kappa shape index (κ1) is 31.9. The lowest BCUT2D eigenvalue weighted by Crippen LogP contribution is -2.53. The van der Waals surface area contributed by atoms with Gasteiger partial charge in [0, 0.05) is 12.5 Å². The summed E-state index contributed by atoms with van der Waals surface area (Å²) >= 11 is 0. The molecule has 3 unspecified atom stereocenters. The Bertz CT molecular complexity index is 1210. The highest BCUT2D eigenvalue weighted by Crippen LogP contribution is 2.23. The van der Waals surface area contributed by atoms with Crippen molar-refractivity contribution < 1.29 is 28.7 Å². The molecule has 2 aromatic carbocycles. The second-order valence-electron chi connectivity index (χ2n) is 11.3. The fourth-order valence-electron chi connectivity index (χ4n) is 3.74. The summed E-state index contributed by atoms with van der Waals surface area (Å²) < 4.78 is 10.8. The highest BCUT2D eigenvalue weighted by molar-refractivity contribution is 5.94. The van der Waals surface area contributed by atoms with Gasteiger partial charge in [-0.2, -0.15) is 0 Å². The van der Waals surface area contributed by atoms with Crippen LogP contribution in [0.25, 0.3) is 0 Å². The normalized spacial score (nSPS) is 13.6. The molecule has 0 radical (unpaired) electrons. The lowest BCUT2D eigenvalue weighted by Gasteiger charge is -2.31. The van der Waals surface area contributed by atoms with Crippen LogP contribution < -0.4 is 10.6 Å². The SMILES string of the molecule is C#CN(C(=O)C(C)NC(=O)OC(C)(C)C)C(C(=O)NC(Cc1ccccc1)C(=O)OC(C)(C)C)c1ccccc1. The minimum atomic E-state index is -1.30. The maximum Gasteiger partial charge on any atom is 0.408 e. The molecule has 9 heteroatoms. The molecule has 0 bridgehead atoms. The molecule has 214 valence electrons. The molecule has 0 saturated carbocycles. The summed E-state index contributed by atoms with van der Waals surface area (Å²) in [6.45, 7) is 11.7. The zero-order chi connectivity index (χ0) is 30.1. The minimum Gasteiger partial charge on any atom is -0.458 e. The van der Waals surface area contributed by atoms with Crippen molar-refractivity contribution in [2.45, 2.75) is 84.2 Å². The molecule has 3 amide bonds.